The average Bonchev–Trinajstić information content (AvgIpc) is 2.73. The summed E-state index contributed by atoms with van der Waals surface area (Å²) in [6, 6.07) is 19.1. The molecule has 0 aliphatic heterocycles. The van der Waals surface area contributed by atoms with Crippen molar-refractivity contribution in [3.63, 3.8) is 0 Å². The fourth-order valence-corrected chi connectivity index (χ4v) is 2.80. The van der Waals surface area contributed by atoms with Crippen molar-refractivity contribution in [2.75, 3.05) is 17.2 Å². The van der Waals surface area contributed by atoms with Gasteiger partial charge in [0.2, 0.25) is 0 Å². The second-order valence-electron chi connectivity index (χ2n) is 6.15. The van der Waals surface area contributed by atoms with Crippen molar-refractivity contribution in [2.24, 2.45) is 0 Å². The van der Waals surface area contributed by atoms with Gasteiger partial charge in [-0.1, -0.05) is 41.9 Å². The number of hydrogen-bond donors (Lipinski definition) is 3. The molecular weight excluding hydrogens is 408 g/mol. The molecule has 0 unspecified atom stereocenters. The monoisotopic (exact) mass is 424 g/mol. The predicted octanol–water partition coefficient (Wildman–Crippen LogP) is 4.31. The molecule has 152 valence electrons. The van der Waals surface area contributed by atoms with E-state index < -0.39 is 17.8 Å². The maximum Gasteiger partial charge on any atom is 0.337 e. The highest BCUT2D eigenvalue weighted by molar-refractivity contribution is 6.32. The van der Waals surface area contributed by atoms with Gasteiger partial charge < -0.3 is 20.5 Å². The van der Waals surface area contributed by atoms with Gasteiger partial charge in [-0.15, -0.1) is 0 Å². The van der Waals surface area contributed by atoms with E-state index in [1.54, 1.807) is 54.6 Å². The predicted molar refractivity (Wildman–Crippen MR) is 113 cm³/mol. The Bertz CT molecular complexity index is 1100. The lowest BCUT2D eigenvalue weighted by molar-refractivity contribution is -0.118. The average molecular weight is 425 g/mol. The molecule has 7 nitrogen and oxygen atoms in total. The fraction of sp³-hybridized carbons (Fsp3) is 0.0455. The van der Waals surface area contributed by atoms with Crippen molar-refractivity contribution in [1.82, 2.24) is 0 Å². The first kappa shape index (κ1) is 20.9. The molecule has 0 bridgehead atoms. The summed E-state index contributed by atoms with van der Waals surface area (Å²) in [4.78, 5) is 35.9. The lowest BCUT2D eigenvalue weighted by Crippen LogP contribution is -2.21. The van der Waals surface area contributed by atoms with Crippen LogP contribution in [-0.4, -0.2) is 29.5 Å². The van der Waals surface area contributed by atoms with E-state index in [1.165, 1.54) is 18.2 Å². The molecule has 2 amide bonds. The van der Waals surface area contributed by atoms with Gasteiger partial charge in [0.15, 0.2) is 6.61 Å². The molecule has 0 aliphatic carbocycles. The smallest absolute Gasteiger partial charge is 0.337 e. The molecule has 3 N–H and O–H groups in total. The highest BCUT2D eigenvalue weighted by Crippen LogP contribution is 2.23. The number of carbonyl (C=O) groups is 3. The standard InChI is InChI=1S/C22H17ClN2O5/c23-17-9-2-4-11-19(17)30-13-20(26)24-15-7-5-6-14(12-15)21(27)25-18-10-3-1-8-16(18)22(28)29/h1-12H,13H2,(H,24,26)(H,25,27)(H,28,29). The van der Waals surface area contributed by atoms with Gasteiger partial charge in [-0.25, -0.2) is 4.79 Å². The number of nitrogens with one attached hydrogen (secondary N) is 2. The third kappa shape index (κ3) is 5.36. The maximum absolute atomic E-state index is 12.5. The number of halogens is 1. The third-order valence-electron chi connectivity index (χ3n) is 4.01. The van der Waals surface area contributed by atoms with Gasteiger partial charge in [-0.2, -0.15) is 0 Å². The molecule has 3 aromatic rings. The number of rotatable bonds is 7. The number of ether oxygens (including phenoxy) is 1. The van der Waals surface area contributed by atoms with Crippen molar-refractivity contribution >= 4 is 40.8 Å². The van der Waals surface area contributed by atoms with E-state index in [1.807, 2.05) is 0 Å². The van der Waals surface area contributed by atoms with Gasteiger partial charge in [0.05, 0.1) is 16.3 Å². The number of carboxylic acid groups (broad SMARTS) is 1. The van der Waals surface area contributed by atoms with Crippen LogP contribution in [0.3, 0.4) is 0 Å². The van der Waals surface area contributed by atoms with Crippen LogP contribution in [0.5, 0.6) is 5.75 Å². The first-order chi connectivity index (χ1) is 14.4. The Morgan fingerprint density at radius 3 is 2.40 bits per heavy atom. The topological polar surface area (TPSA) is 105 Å². The molecule has 3 rings (SSSR count). The molecule has 30 heavy (non-hydrogen) atoms. The van der Waals surface area contributed by atoms with Gasteiger partial charge in [0.25, 0.3) is 11.8 Å². The summed E-state index contributed by atoms with van der Waals surface area (Å²) < 4.78 is 5.38. The zero-order chi connectivity index (χ0) is 21.5. The maximum atomic E-state index is 12.5. The Balaban J connectivity index is 1.64. The van der Waals surface area contributed by atoms with Crippen molar-refractivity contribution in [3.05, 3.63) is 88.9 Å². The molecule has 0 spiro atoms. The van der Waals surface area contributed by atoms with Gasteiger partial charge in [-0.05, 0) is 42.5 Å². The molecule has 3 aromatic carbocycles. The van der Waals surface area contributed by atoms with Crippen molar-refractivity contribution in [1.29, 1.82) is 0 Å². The number of anilines is 2. The molecule has 0 aliphatic rings. The normalized spacial score (nSPS) is 10.2. The largest absolute Gasteiger partial charge is 0.482 e. The summed E-state index contributed by atoms with van der Waals surface area (Å²) in [6.45, 7) is -0.258. The number of para-hydroxylation sites is 2. The Hall–Kier alpha value is -3.84. The third-order valence-corrected chi connectivity index (χ3v) is 4.32. The highest BCUT2D eigenvalue weighted by atomic mass is 35.5. The first-order valence-corrected chi connectivity index (χ1v) is 9.23. The van der Waals surface area contributed by atoms with E-state index >= 15 is 0 Å². The molecule has 0 heterocycles. The number of benzene rings is 3. The molecule has 0 saturated carbocycles. The SMILES string of the molecule is O=C(COc1ccccc1Cl)Nc1cccc(C(=O)Nc2ccccc2C(=O)O)c1. The van der Waals surface area contributed by atoms with Crippen LogP contribution in [0.4, 0.5) is 11.4 Å². The van der Waals surface area contributed by atoms with Crippen LogP contribution >= 0.6 is 11.6 Å². The number of hydrogen-bond acceptors (Lipinski definition) is 4. The van der Waals surface area contributed by atoms with Crippen LogP contribution in [0.2, 0.25) is 5.02 Å². The van der Waals surface area contributed by atoms with Crippen molar-refractivity contribution < 1.29 is 24.2 Å². The van der Waals surface area contributed by atoms with Gasteiger partial charge >= 0.3 is 5.97 Å². The summed E-state index contributed by atoms with van der Waals surface area (Å²) in [6.07, 6.45) is 0. The molecule has 0 radical (unpaired) electrons. The van der Waals surface area contributed by atoms with Crippen LogP contribution in [0.25, 0.3) is 0 Å². The number of carboxylic acids is 1. The quantitative estimate of drug-likeness (QED) is 0.524. The molecule has 0 saturated heterocycles. The number of carbonyl (C=O) groups excluding carboxylic acids is 2. The summed E-state index contributed by atoms with van der Waals surface area (Å²) >= 11 is 5.98. The van der Waals surface area contributed by atoms with Crippen LogP contribution in [0, 0.1) is 0 Å². The lowest BCUT2D eigenvalue weighted by Gasteiger charge is -2.11. The van der Waals surface area contributed by atoms with Crippen LogP contribution in [-0.2, 0) is 4.79 Å². The summed E-state index contributed by atoms with van der Waals surface area (Å²) in [5, 5.41) is 14.8. The van der Waals surface area contributed by atoms with Crippen LogP contribution < -0.4 is 15.4 Å². The van der Waals surface area contributed by atoms with E-state index in [0.717, 1.165) is 0 Å². The molecule has 8 heteroatoms. The Morgan fingerprint density at radius 1 is 0.900 bits per heavy atom. The molecule has 0 aromatic heterocycles. The molecule has 0 fully saturated rings. The van der Waals surface area contributed by atoms with Crippen molar-refractivity contribution in [3.8, 4) is 5.75 Å². The summed E-state index contributed by atoms with van der Waals surface area (Å²) in [5.74, 6) is -1.69. The summed E-state index contributed by atoms with van der Waals surface area (Å²) in [5.41, 5.74) is 0.798. The minimum absolute atomic E-state index is 0.0213. The Kier molecular flexibility index (Phi) is 6.67. The fourth-order valence-electron chi connectivity index (χ4n) is 2.61. The first-order valence-electron chi connectivity index (χ1n) is 8.85. The Morgan fingerprint density at radius 2 is 1.63 bits per heavy atom. The van der Waals surface area contributed by atoms with Crippen LogP contribution in [0.1, 0.15) is 20.7 Å². The zero-order valence-corrected chi connectivity index (χ0v) is 16.3. The highest BCUT2D eigenvalue weighted by Gasteiger charge is 2.14. The second-order valence-corrected chi connectivity index (χ2v) is 6.56. The summed E-state index contributed by atoms with van der Waals surface area (Å²) in [7, 11) is 0. The minimum atomic E-state index is -1.15. The van der Waals surface area contributed by atoms with E-state index in [4.69, 9.17) is 16.3 Å². The molecular formula is C22H17ClN2O5. The zero-order valence-electron chi connectivity index (χ0n) is 15.6. The number of aromatic carboxylic acids is 1. The van der Waals surface area contributed by atoms with Gasteiger partial charge in [0, 0.05) is 11.3 Å². The van der Waals surface area contributed by atoms with E-state index in [0.29, 0.717) is 16.5 Å². The van der Waals surface area contributed by atoms with Gasteiger partial charge in [0.1, 0.15) is 5.75 Å². The van der Waals surface area contributed by atoms with Gasteiger partial charge in [-0.3, -0.25) is 9.59 Å². The second kappa shape index (κ2) is 9.58. The van der Waals surface area contributed by atoms with E-state index in [9.17, 15) is 19.5 Å². The lowest BCUT2D eigenvalue weighted by atomic mass is 10.1. The molecule has 0 atom stereocenters. The number of amides is 2. The van der Waals surface area contributed by atoms with Crippen molar-refractivity contribution in [2.45, 2.75) is 0 Å². The Labute approximate surface area is 177 Å². The van der Waals surface area contributed by atoms with Crippen LogP contribution in [0.15, 0.2) is 72.8 Å². The van der Waals surface area contributed by atoms with E-state index in [2.05, 4.69) is 10.6 Å². The van der Waals surface area contributed by atoms with E-state index in [-0.39, 0.29) is 23.4 Å². The minimum Gasteiger partial charge on any atom is -0.482 e.